The number of nitrogens with one attached hydrogen (secondary N) is 2. The zero-order chi connectivity index (χ0) is 11.8. The predicted molar refractivity (Wildman–Crippen MR) is 65.4 cm³/mol. The highest BCUT2D eigenvalue weighted by Gasteiger charge is 1.95. The molecule has 2 aromatic heterocycles. The zero-order valence-electron chi connectivity index (χ0n) is 9.82. The fourth-order valence-corrected chi connectivity index (χ4v) is 1.59. The van der Waals surface area contributed by atoms with Crippen molar-refractivity contribution in [2.75, 3.05) is 13.1 Å². The van der Waals surface area contributed by atoms with E-state index in [-0.39, 0.29) is 0 Å². The summed E-state index contributed by atoms with van der Waals surface area (Å²) in [5, 5.41) is 6.65. The van der Waals surface area contributed by atoms with Gasteiger partial charge in [0.2, 0.25) is 0 Å². The van der Waals surface area contributed by atoms with Crippen molar-refractivity contribution in [2.24, 2.45) is 0 Å². The number of hydrogen-bond acceptors (Lipinski definition) is 4. The van der Waals surface area contributed by atoms with Gasteiger partial charge in [-0.2, -0.15) is 0 Å². The molecule has 0 spiro atoms. The second-order valence-electron chi connectivity index (χ2n) is 3.87. The minimum Gasteiger partial charge on any atom is -0.468 e. The van der Waals surface area contributed by atoms with Gasteiger partial charge in [0.05, 0.1) is 25.6 Å². The van der Waals surface area contributed by atoms with Crippen LogP contribution in [0.15, 0.2) is 45.6 Å². The number of hydrogen-bond donors (Lipinski definition) is 2. The first-order valence-electron chi connectivity index (χ1n) is 5.91. The molecular weight excluding hydrogens is 216 g/mol. The molecule has 0 aliphatic heterocycles. The minimum atomic E-state index is 0.797. The van der Waals surface area contributed by atoms with Crippen LogP contribution in [0.2, 0.25) is 0 Å². The second kappa shape index (κ2) is 6.93. The Morgan fingerprint density at radius 1 is 0.824 bits per heavy atom. The van der Waals surface area contributed by atoms with E-state index in [9.17, 15) is 0 Å². The normalized spacial score (nSPS) is 10.8. The lowest BCUT2D eigenvalue weighted by Crippen LogP contribution is -2.21. The van der Waals surface area contributed by atoms with Crippen LogP contribution in [0.5, 0.6) is 0 Å². The molecule has 0 atom stereocenters. The van der Waals surface area contributed by atoms with Crippen LogP contribution in [0, 0.1) is 0 Å². The third kappa shape index (κ3) is 4.46. The Balaban J connectivity index is 1.44. The molecular formula is C13H18N2O2. The standard InChI is InChI=1S/C13H18N2O2/c1-4-12(16-8-1)10-14-6-3-7-15-11-13-5-2-9-17-13/h1-2,4-5,8-9,14-15H,3,6-7,10-11H2. The summed E-state index contributed by atoms with van der Waals surface area (Å²) in [4.78, 5) is 0. The smallest absolute Gasteiger partial charge is 0.117 e. The van der Waals surface area contributed by atoms with Gasteiger partial charge in [-0.25, -0.2) is 0 Å². The van der Waals surface area contributed by atoms with E-state index in [0.29, 0.717) is 0 Å². The van der Waals surface area contributed by atoms with Gasteiger partial charge in [-0.15, -0.1) is 0 Å². The first-order valence-corrected chi connectivity index (χ1v) is 5.91. The summed E-state index contributed by atoms with van der Waals surface area (Å²) in [5.41, 5.74) is 0. The van der Waals surface area contributed by atoms with Crippen LogP contribution in [-0.2, 0) is 13.1 Å². The lowest BCUT2D eigenvalue weighted by atomic mass is 10.3. The summed E-state index contributed by atoms with van der Waals surface area (Å²) >= 11 is 0. The molecule has 0 radical (unpaired) electrons. The molecule has 2 rings (SSSR count). The topological polar surface area (TPSA) is 50.3 Å². The van der Waals surface area contributed by atoms with Gasteiger partial charge < -0.3 is 19.5 Å². The van der Waals surface area contributed by atoms with Gasteiger partial charge in [0.25, 0.3) is 0 Å². The van der Waals surface area contributed by atoms with Gasteiger partial charge in [0, 0.05) is 0 Å². The van der Waals surface area contributed by atoms with E-state index >= 15 is 0 Å². The Morgan fingerprint density at radius 3 is 1.76 bits per heavy atom. The summed E-state index contributed by atoms with van der Waals surface area (Å²) in [6.07, 6.45) is 4.48. The maximum absolute atomic E-state index is 5.22. The first kappa shape index (κ1) is 12.0. The first-order chi connectivity index (χ1) is 8.45. The van der Waals surface area contributed by atoms with Gasteiger partial charge >= 0.3 is 0 Å². The molecule has 2 N–H and O–H groups in total. The Hall–Kier alpha value is -1.52. The van der Waals surface area contributed by atoms with Crippen molar-refractivity contribution in [1.29, 1.82) is 0 Å². The van der Waals surface area contributed by atoms with Crippen LogP contribution in [0.1, 0.15) is 17.9 Å². The molecule has 0 fully saturated rings. The van der Waals surface area contributed by atoms with Gasteiger partial charge in [0.1, 0.15) is 11.5 Å². The minimum absolute atomic E-state index is 0.797. The average molecular weight is 234 g/mol. The molecule has 0 saturated carbocycles. The van der Waals surface area contributed by atoms with Crippen LogP contribution in [0.4, 0.5) is 0 Å². The van der Waals surface area contributed by atoms with Crippen LogP contribution in [0.3, 0.4) is 0 Å². The molecule has 0 aliphatic carbocycles. The van der Waals surface area contributed by atoms with Crippen LogP contribution in [0.25, 0.3) is 0 Å². The summed E-state index contributed by atoms with van der Waals surface area (Å²) in [5.74, 6) is 1.96. The van der Waals surface area contributed by atoms with E-state index in [1.54, 1.807) is 12.5 Å². The van der Waals surface area contributed by atoms with Crippen molar-refractivity contribution in [3.8, 4) is 0 Å². The highest BCUT2D eigenvalue weighted by atomic mass is 16.3. The quantitative estimate of drug-likeness (QED) is 0.687. The molecule has 17 heavy (non-hydrogen) atoms. The SMILES string of the molecule is c1coc(CNCCCNCc2ccco2)c1. The van der Waals surface area contributed by atoms with Gasteiger partial charge in [-0.05, 0) is 43.8 Å². The van der Waals surface area contributed by atoms with Crippen molar-refractivity contribution in [2.45, 2.75) is 19.5 Å². The van der Waals surface area contributed by atoms with Gasteiger partial charge in [0.15, 0.2) is 0 Å². The second-order valence-corrected chi connectivity index (χ2v) is 3.87. The summed E-state index contributed by atoms with van der Waals surface area (Å²) in [6, 6.07) is 7.76. The van der Waals surface area contributed by atoms with Crippen molar-refractivity contribution < 1.29 is 8.83 Å². The molecule has 2 heterocycles. The van der Waals surface area contributed by atoms with Crippen molar-refractivity contribution in [1.82, 2.24) is 10.6 Å². The predicted octanol–water partition coefficient (Wildman–Crippen LogP) is 2.14. The van der Waals surface area contributed by atoms with E-state index in [4.69, 9.17) is 8.83 Å². The fraction of sp³-hybridized carbons (Fsp3) is 0.385. The van der Waals surface area contributed by atoms with Crippen LogP contribution >= 0.6 is 0 Å². The lowest BCUT2D eigenvalue weighted by molar-refractivity contribution is 0.467. The summed E-state index contributed by atoms with van der Waals surface area (Å²) in [6.45, 7) is 3.55. The third-order valence-electron chi connectivity index (χ3n) is 2.47. The number of rotatable bonds is 8. The molecule has 0 aliphatic rings. The average Bonchev–Trinajstić information content (AvgIpc) is 3.00. The fourth-order valence-electron chi connectivity index (χ4n) is 1.59. The van der Waals surface area contributed by atoms with E-state index in [1.807, 2.05) is 24.3 Å². The van der Waals surface area contributed by atoms with E-state index in [2.05, 4.69) is 10.6 Å². The summed E-state index contributed by atoms with van der Waals surface area (Å²) < 4.78 is 10.4. The maximum atomic E-state index is 5.22. The third-order valence-corrected chi connectivity index (χ3v) is 2.47. The summed E-state index contributed by atoms with van der Waals surface area (Å²) in [7, 11) is 0. The van der Waals surface area contributed by atoms with E-state index < -0.39 is 0 Å². The van der Waals surface area contributed by atoms with Crippen molar-refractivity contribution in [3.05, 3.63) is 48.3 Å². The molecule has 0 saturated heterocycles. The molecule has 0 aromatic carbocycles. The van der Waals surface area contributed by atoms with Crippen molar-refractivity contribution >= 4 is 0 Å². The molecule has 4 heteroatoms. The molecule has 92 valence electrons. The van der Waals surface area contributed by atoms with Gasteiger partial charge in [-0.1, -0.05) is 0 Å². The van der Waals surface area contributed by atoms with Crippen LogP contribution in [-0.4, -0.2) is 13.1 Å². The number of furan rings is 2. The van der Waals surface area contributed by atoms with Crippen molar-refractivity contribution in [3.63, 3.8) is 0 Å². The Labute approximate surface area is 101 Å². The molecule has 4 nitrogen and oxygen atoms in total. The van der Waals surface area contributed by atoms with Gasteiger partial charge in [-0.3, -0.25) is 0 Å². The largest absolute Gasteiger partial charge is 0.468 e. The highest BCUT2D eigenvalue weighted by molar-refractivity contribution is 4.98. The molecule has 0 amide bonds. The zero-order valence-corrected chi connectivity index (χ0v) is 9.82. The van der Waals surface area contributed by atoms with E-state index in [0.717, 1.165) is 44.1 Å². The monoisotopic (exact) mass is 234 g/mol. The van der Waals surface area contributed by atoms with Crippen LogP contribution < -0.4 is 10.6 Å². The Morgan fingerprint density at radius 2 is 1.35 bits per heavy atom. The van der Waals surface area contributed by atoms with E-state index in [1.165, 1.54) is 0 Å². The molecule has 2 aromatic rings. The molecule has 0 unspecified atom stereocenters. The lowest BCUT2D eigenvalue weighted by Gasteiger charge is -2.04. The highest BCUT2D eigenvalue weighted by Crippen LogP contribution is 1.99. The molecule has 0 bridgehead atoms. The Bertz CT molecular complexity index is 343. The Kier molecular flexibility index (Phi) is 4.87. The maximum Gasteiger partial charge on any atom is 0.117 e.